The summed E-state index contributed by atoms with van der Waals surface area (Å²) in [5.74, 6) is -4.29. The molecule has 0 aromatic heterocycles. The molecule has 0 saturated carbocycles. The molecule has 0 bridgehead atoms. The van der Waals surface area contributed by atoms with Crippen LogP contribution in [-0.2, 0) is 18.9 Å². The number of carboxylic acid groups (broad SMARTS) is 2. The van der Waals surface area contributed by atoms with Crippen molar-refractivity contribution >= 4 is 19.3 Å². The van der Waals surface area contributed by atoms with E-state index in [4.69, 9.17) is 14.9 Å². The predicted octanol–water partition coefficient (Wildman–Crippen LogP) is 0.959. The van der Waals surface area contributed by atoms with Crippen molar-refractivity contribution in [2.45, 2.75) is 31.5 Å². The maximum absolute atomic E-state index is 12.0. The predicted molar refractivity (Wildman–Crippen MR) is 61.7 cm³/mol. The number of aliphatic carboxylic acids is 2. The summed E-state index contributed by atoms with van der Waals surface area (Å²) in [6, 6.07) is 0. The lowest BCUT2D eigenvalue weighted by Gasteiger charge is -2.21. The lowest BCUT2D eigenvalue weighted by atomic mass is 10.1. The third kappa shape index (κ3) is 4.40. The fourth-order valence-electron chi connectivity index (χ4n) is 1.90. The molecule has 3 unspecified atom stereocenters. The van der Waals surface area contributed by atoms with Gasteiger partial charge in [-0.3, -0.25) is 14.2 Å². The van der Waals surface area contributed by atoms with Crippen LogP contribution in [-0.4, -0.2) is 45.7 Å². The molecule has 3 N–H and O–H groups in total. The first kappa shape index (κ1) is 15.1. The largest absolute Gasteiger partial charge is 0.481 e. The number of ether oxygens (including phenoxy) is 1. The van der Waals surface area contributed by atoms with E-state index in [1.807, 2.05) is 0 Å². The molecular weight excluding hydrogens is 263 g/mol. The minimum Gasteiger partial charge on any atom is -0.481 e. The summed E-state index contributed by atoms with van der Waals surface area (Å²) in [6.45, 7) is 0.405. The molecule has 0 aliphatic carbocycles. The van der Waals surface area contributed by atoms with Gasteiger partial charge in [-0.25, -0.2) is 0 Å². The van der Waals surface area contributed by atoms with Crippen LogP contribution < -0.4 is 0 Å². The van der Waals surface area contributed by atoms with Crippen LogP contribution in [0.4, 0.5) is 0 Å². The van der Waals surface area contributed by atoms with Crippen molar-refractivity contribution in [3.8, 4) is 0 Å². The molecule has 0 radical (unpaired) electrons. The average molecular weight is 280 g/mol. The molecule has 0 spiro atoms. The van der Waals surface area contributed by atoms with Gasteiger partial charge in [0.2, 0.25) is 7.37 Å². The van der Waals surface area contributed by atoms with Gasteiger partial charge in [0.15, 0.2) is 0 Å². The summed E-state index contributed by atoms with van der Waals surface area (Å²) in [7, 11) is -3.71. The zero-order chi connectivity index (χ0) is 13.8. The monoisotopic (exact) mass is 280 g/mol. The molecule has 1 saturated heterocycles. The van der Waals surface area contributed by atoms with E-state index in [1.54, 1.807) is 0 Å². The van der Waals surface area contributed by atoms with Crippen molar-refractivity contribution in [2.24, 2.45) is 5.92 Å². The highest BCUT2D eigenvalue weighted by molar-refractivity contribution is 7.58. The number of carboxylic acids is 2. The first-order valence-electron chi connectivity index (χ1n) is 5.70. The molecule has 104 valence electrons. The Morgan fingerprint density at radius 1 is 1.39 bits per heavy atom. The molecule has 3 atom stereocenters. The molecule has 18 heavy (non-hydrogen) atoms. The quantitative estimate of drug-likeness (QED) is 0.594. The minimum absolute atomic E-state index is 0.151. The Labute approximate surface area is 104 Å². The maximum atomic E-state index is 12.0. The van der Waals surface area contributed by atoms with E-state index < -0.39 is 37.2 Å². The Hall–Kier alpha value is -0.910. The third-order valence-corrected chi connectivity index (χ3v) is 5.16. The van der Waals surface area contributed by atoms with E-state index in [1.165, 1.54) is 0 Å². The van der Waals surface area contributed by atoms with E-state index in [-0.39, 0.29) is 12.8 Å². The van der Waals surface area contributed by atoms with Gasteiger partial charge in [-0.05, 0) is 19.3 Å². The summed E-state index contributed by atoms with van der Waals surface area (Å²) in [5, 5.41) is 17.4. The van der Waals surface area contributed by atoms with Gasteiger partial charge in [-0.2, -0.15) is 0 Å². The highest BCUT2D eigenvalue weighted by atomic mass is 31.2. The first-order chi connectivity index (χ1) is 8.33. The van der Waals surface area contributed by atoms with Crippen LogP contribution >= 0.6 is 7.37 Å². The van der Waals surface area contributed by atoms with Crippen LogP contribution in [0.5, 0.6) is 0 Å². The van der Waals surface area contributed by atoms with Gasteiger partial charge < -0.3 is 19.8 Å². The maximum Gasteiger partial charge on any atom is 0.307 e. The molecule has 8 heteroatoms. The Morgan fingerprint density at radius 2 is 2.06 bits per heavy atom. The minimum atomic E-state index is -3.71. The standard InChI is InChI=1S/C10H17O7P/c11-8(12)4-3-7(10(13)14)6-18(15,16)9-2-1-5-17-9/h7,9H,1-6H2,(H,11,12)(H,13,14)(H,15,16). The highest BCUT2D eigenvalue weighted by Crippen LogP contribution is 2.52. The number of carbonyl (C=O) groups is 2. The van der Waals surface area contributed by atoms with Gasteiger partial charge in [0.25, 0.3) is 0 Å². The summed E-state index contributed by atoms with van der Waals surface area (Å²) in [5.41, 5.74) is 0. The molecule has 0 aromatic rings. The second-order valence-corrected chi connectivity index (χ2v) is 6.83. The number of rotatable bonds is 7. The van der Waals surface area contributed by atoms with Crippen molar-refractivity contribution in [1.29, 1.82) is 0 Å². The van der Waals surface area contributed by atoms with Crippen LogP contribution in [0.15, 0.2) is 0 Å². The van der Waals surface area contributed by atoms with E-state index >= 15 is 0 Å². The summed E-state index contributed by atoms with van der Waals surface area (Å²) < 4.78 is 17.1. The van der Waals surface area contributed by atoms with Crippen molar-refractivity contribution in [3.05, 3.63) is 0 Å². The van der Waals surface area contributed by atoms with Crippen LogP contribution in [0, 0.1) is 5.92 Å². The van der Waals surface area contributed by atoms with Gasteiger partial charge in [-0.1, -0.05) is 0 Å². The van der Waals surface area contributed by atoms with Gasteiger partial charge >= 0.3 is 11.9 Å². The van der Waals surface area contributed by atoms with Gasteiger partial charge in [0.05, 0.1) is 5.92 Å². The van der Waals surface area contributed by atoms with Crippen molar-refractivity contribution in [3.63, 3.8) is 0 Å². The van der Waals surface area contributed by atoms with Gasteiger partial charge in [-0.15, -0.1) is 0 Å². The topological polar surface area (TPSA) is 121 Å². The van der Waals surface area contributed by atoms with Crippen molar-refractivity contribution in [1.82, 2.24) is 0 Å². The molecular formula is C10H17O7P. The summed E-state index contributed by atoms with van der Waals surface area (Å²) in [4.78, 5) is 31.2. The lowest BCUT2D eigenvalue weighted by Crippen LogP contribution is -2.22. The van der Waals surface area contributed by atoms with E-state index in [2.05, 4.69) is 0 Å². The molecule has 1 fully saturated rings. The van der Waals surface area contributed by atoms with Crippen LogP contribution in [0.2, 0.25) is 0 Å². The second kappa shape index (κ2) is 6.31. The smallest absolute Gasteiger partial charge is 0.307 e. The van der Waals surface area contributed by atoms with Crippen molar-refractivity contribution in [2.75, 3.05) is 12.8 Å². The van der Waals surface area contributed by atoms with Gasteiger partial charge in [0.1, 0.15) is 5.85 Å². The molecule has 0 amide bonds. The fraction of sp³-hybridized carbons (Fsp3) is 0.800. The van der Waals surface area contributed by atoms with Gasteiger partial charge in [0, 0.05) is 19.2 Å². The average Bonchev–Trinajstić information content (AvgIpc) is 2.77. The lowest BCUT2D eigenvalue weighted by molar-refractivity contribution is -0.142. The Balaban J connectivity index is 2.61. The normalized spacial score (nSPS) is 24.4. The summed E-state index contributed by atoms with van der Waals surface area (Å²) in [6.07, 6.45) is 0.214. The fourth-order valence-corrected chi connectivity index (χ4v) is 4.03. The van der Waals surface area contributed by atoms with E-state index in [9.17, 15) is 19.0 Å². The number of hydrogen-bond donors (Lipinski definition) is 3. The zero-order valence-electron chi connectivity index (χ0n) is 9.82. The van der Waals surface area contributed by atoms with E-state index in [0.29, 0.717) is 19.4 Å². The van der Waals surface area contributed by atoms with Crippen LogP contribution in [0.3, 0.4) is 0 Å². The highest BCUT2D eigenvalue weighted by Gasteiger charge is 2.38. The Kier molecular flexibility index (Phi) is 5.31. The van der Waals surface area contributed by atoms with Crippen molar-refractivity contribution < 1.29 is 34.0 Å². The molecule has 7 nitrogen and oxygen atoms in total. The summed E-state index contributed by atoms with van der Waals surface area (Å²) >= 11 is 0. The molecule has 1 aliphatic rings. The molecule has 1 aliphatic heterocycles. The molecule has 1 heterocycles. The SMILES string of the molecule is O=C(O)CCC(CP(=O)(O)C1CCCO1)C(=O)O. The Bertz CT molecular complexity index is 361. The van der Waals surface area contributed by atoms with Crippen LogP contribution in [0.1, 0.15) is 25.7 Å². The molecule has 1 rings (SSSR count). The van der Waals surface area contributed by atoms with Crippen LogP contribution in [0.25, 0.3) is 0 Å². The van der Waals surface area contributed by atoms with E-state index in [0.717, 1.165) is 0 Å². The number of hydrogen-bond acceptors (Lipinski definition) is 4. The second-order valence-electron chi connectivity index (χ2n) is 4.37. The first-order valence-corrected chi connectivity index (χ1v) is 7.62. The molecule has 0 aromatic carbocycles. The zero-order valence-corrected chi connectivity index (χ0v) is 10.7. The Morgan fingerprint density at radius 3 is 2.50 bits per heavy atom. The third-order valence-electron chi connectivity index (χ3n) is 2.89.